The topological polar surface area (TPSA) is 39.2 Å². The molecule has 0 aliphatic heterocycles. The second-order valence-electron chi connectivity index (χ2n) is 6.02. The number of benzene rings is 1. The average molecular weight is 359 g/mol. The number of halogens is 5. The summed E-state index contributed by atoms with van der Waals surface area (Å²) in [5.41, 5.74) is -1.55. The van der Waals surface area contributed by atoms with Crippen molar-refractivity contribution >= 4 is 16.9 Å². The molecule has 1 heterocycles. The van der Waals surface area contributed by atoms with Crippen molar-refractivity contribution in [2.24, 2.45) is 0 Å². The van der Waals surface area contributed by atoms with Crippen LogP contribution in [0.4, 0.5) is 22.0 Å². The highest BCUT2D eigenvalue weighted by Gasteiger charge is 2.58. The number of alkyl halides is 5. The molecule has 3 rings (SSSR count). The molecule has 1 aliphatic rings. The van der Waals surface area contributed by atoms with E-state index in [1.807, 2.05) is 0 Å². The van der Waals surface area contributed by atoms with E-state index in [0.717, 1.165) is 0 Å². The summed E-state index contributed by atoms with van der Waals surface area (Å²) < 4.78 is 71.7. The minimum absolute atomic E-state index is 0.0550. The third-order valence-electron chi connectivity index (χ3n) is 4.16. The number of carbonyl (C=O) groups is 1. The van der Waals surface area contributed by atoms with E-state index >= 15 is 0 Å². The number of carbonyl (C=O) groups excluding carboxylic acids is 1. The van der Waals surface area contributed by atoms with Crippen molar-refractivity contribution in [3.8, 4) is 0 Å². The van der Waals surface area contributed by atoms with Crippen LogP contribution >= 0.6 is 0 Å². The lowest BCUT2D eigenvalue weighted by atomic mass is 9.98. The van der Waals surface area contributed by atoms with E-state index in [4.69, 9.17) is 4.74 Å². The van der Waals surface area contributed by atoms with E-state index in [1.54, 1.807) is 6.92 Å². The van der Waals surface area contributed by atoms with Crippen molar-refractivity contribution in [2.45, 2.75) is 38.3 Å². The first-order chi connectivity index (χ1) is 11.5. The van der Waals surface area contributed by atoms with Crippen LogP contribution in [0.5, 0.6) is 0 Å². The molecule has 1 atom stereocenters. The normalized spacial score (nSPS) is 19.1. The lowest BCUT2D eigenvalue weighted by Crippen LogP contribution is -2.12. The molecule has 0 amide bonds. The van der Waals surface area contributed by atoms with Gasteiger partial charge in [-0.1, -0.05) is 0 Å². The van der Waals surface area contributed by atoms with Crippen LogP contribution in [0.25, 0.3) is 10.9 Å². The first-order valence-corrected chi connectivity index (χ1v) is 7.62. The van der Waals surface area contributed by atoms with Gasteiger partial charge in [0, 0.05) is 11.8 Å². The van der Waals surface area contributed by atoms with Crippen LogP contribution in [-0.2, 0) is 10.9 Å². The van der Waals surface area contributed by atoms with Crippen molar-refractivity contribution in [3.05, 3.63) is 40.6 Å². The monoisotopic (exact) mass is 359 g/mol. The minimum atomic E-state index is -4.79. The van der Waals surface area contributed by atoms with Crippen LogP contribution in [0.2, 0.25) is 0 Å². The summed E-state index contributed by atoms with van der Waals surface area (Å²) >= 11 is 0. The Morgan fingerprint density at radius 1 is 1.32 bits per heavy atom. The molecule has 25 heavy (non-hydrogen) atoms. The molecule has 3 nitrogen and oxygen atoms in total. The summed E-state index contributed by atoms with van der Waals surface area (Å²) in [6.07, 6.45) is -5.26. The van der Waals surface area contributed by atoms with Crippen molar-refractivity contribution in [2.75, 3.05) is 6.61 Å². The first-order valence-electron chi connectivity index (χ1n) is 7.62. The molecule has 1 fully saturated rings. The van der Waals surface area contributed by atoms with Gasteiger partial charge < -0.3 is 4.74 Å². The van der Waals surface area contributed by atoms with Crippen LogP contribution in [0, 0.1) is 6.92 Å². The number of aromatic nitrogens is 1. The number of hydrogen-bond acceptors (Lipinski definition) is 3. The van der Waals surface area contributed by atoms with Gasteiger partial charge in [-0.05, 0) is 43.2 Å². The third kappa shape index (κ3) is 3.17. The van der Waals surface area contributed by atoms with E-state index in [9.17, 15) is 26.7 Å². The fourth-order valence-electron chi connectivity index (χ4n) is 2.82. The Morgan fingerprint density at radius 3 is 2.48 bits per heavy atom. The molecule has 1 unspecified atom stereocenters. The zero-order valence-corrected chi connectivity index (χ0v) is 13.4. The number of hydrogen-bond donors (Lipinski definition) is 0. The SMILES string of the molecule is CCOC(=O)c1cc(C)c2cc(C3CC3(F)F)cc(C(F)(F)F)c2n1. The average Bonchev–Trinajstić information content (AvgIpc) is 3.14. The number of fused-ring (bicyclic) bond motifs is 1. The maximum Gasteiger partial charge on any atom is 0.418 e. The highest BCUT2D eigenvalue weighted by molar-refractivity contribution is 5.94. The van der Waals surface area contributed by atoms with Gasteiger partial charge in [0.25, 0.3) is 5.92 Å². The van der Waals surface area contributed by atoms with Crippen molar-refractivity contribution in [1.29, 1.82) is 0 Å². The van der Waals surface area contributed by atoms with Gasteiger partial charge in [-0.2, -0.15) is 13.2 Å². The summed E-state index contributed by atoms with van der Waals surface area (Å²) in [4.78, 5) is 15.6. The Hall–Kier alpha value is -2.25. The predicted octanol–water partition coefficient (Wildman–Crippen LogP) is 4.86. The fraction of sp³-hybridized carbons (Fsp3) is 0.412. The second-order valence-corrected chi connectivity index (χ2v) is 6.02. The Bertz CT molecular complexity index is 860. The number of pyridine rings is 1. The van der Waals surface area contributed by atoms with Gasteiger partial charge in [0.15, 0.2) is 0 Å². The van der Waals surface area contributed by atoms with Crippen molar-refractivity contribution in [3.63, 3.8) is 0 Å². The van der Waals surface area contributed by atoms with Crippen LogP contribution in [0.3, 0.4) is 0 Å². The van der Waals surface area contributed by atoms with E-state index in [0.29, 0.717) is 11.6 Å². The first kappa shape index (κ1) is 17.6. The Balaban J connectivity index is 2.23. The van der Waals surface area contributed by atoms with E-state index in [1.165, 1.54) is 19.1 Å². The van der Waals surface area contributed by atoms with Gasteiger partial charge in [0.2, 0.25) is 0 Å². The molecular weight excluding hydrogens is 345 g/mol. The van der Waals surface area contributed by atoms with Gasteiger partial charge in [0.1, 0.15) is 5.69 Å². The zero-order valence-electron chi connectivity index (χ0n) is 13.4. The molecule has 1 aromatic heterocycles. The van der Waals surface area contributed by atoms with Gasteiger partial charge in [-0.15, -0.1) is 0 Å². The smallest absolute Gasteiger partial charge is 0.418 e. The molecule has 2 aromatic rings. The maximum atomic E-state index is 13.4. The molecule has 1 aliphatic carbocycles. The van der Waals surface area contributed by atoms with Gasteiger partial charge in [-0.3, -0.25) is 0 Å². The van der Waals surface area contributed by atoms with Gasteiger partial charge in [0.05, 0.1) is 23.6 Å². The van der Waals surface area contributed by atoms with Crippen LogP contribution in [-0.4, -0.2) is 23.5 Å². The highest BCUT2D eigenvalue weighted by Crippen LogP contribution is 2.56. The molecule has 134 valence electrons. The second kappa shape index (κ2) is 5.64. The number of ether oxygens (including phenoxy) is 1. The fourth-order valence-corrected chi connectivity index (χ4v) is 2.82. The van der Waals surface area contributed by atoms with Gasteiger partial charge >= 0.3 is 12.1 Å². The number of nitrogens with zero attached hydrogens (tertiary/aromatic N) is 1. The van der Waals surface area contributed by atoms with Crippen molar-refractivity contribution in [1.82, 2.24) is 4.98 Å². The van der Waals surface area contributed by atoms with Gasteiger partial charge in [-0.25, -0.2) is 18.6 Å². The molecule has 0 N–H and O–H groups in total. The summed E-state index contributed by atoms with van der Waals surface area (Å²) in [6, 6.07) is 3.30. The number of rotatable bonds is 3. The molecule has 0 bridgehead atoms. The summed E-state index contributed by atoms with van der Waals surface area (Å²) in [5.74, 6) is -5.04. The minimum Gasteiger partial charge on any atom is -0.461 e. The largest absolute Gasteiger partial charge is 0.461 e. The Labute approximate surface area is 139 Å². The zero-order chi connectivity index (χ0) is 18.6. The third-order valence-corrected chi connectivity index (χ3v) is 4.16. The van der Waals surface area contributed by atoms with E-state index in [-0.39, 0.29) is 23.3 Å². The molecule has 1 saturated carbocycles. The van der Waals surface area contributed by atoms with Crippen LogP contribution in [0.1, 0.15) is 46.4 Å². The van der Waals surface area contributed by atoms with E-state index < -0.39 is 41.5 Å². The van der Waals surface area contributed by atoms with Crippen molar-refractivity contribution < 1.29 is 31.5 Å². The lowest BCUT2D eigenvalue weighted by Gasteiger charge is -2.15. The molecule has 0 radical (unpaired) electrons. The molecule has 1 aromatic carbocycles. The summed E-state index contributed by atoms with van der Waals surface area (Å²) in [6.45, 7) is 3.12. The number of aryl methyl sites for hydroxylation is 1. The summed E-state index contributed by atoms with van der Waals surface area (Å²) in [5, 5.41) is 0.0978. The molecule has 0 spiro atoms. The number of esters is 1. The van der Waals surface area contributed by atoms with E-state index in [2.05, 4.69) is 4.98 Å². The quantitative estimate of drug-likeness (QED) is 0.580. The summed E-state index contributed by atoms with van der Waals surface area (Å²) in [7, 11) is 0. The maximum absolute atomic E-state index is 13.4. The molecule has 8 heteroatoms. The lowest BCUT2D eigenvalue weighted by molar-refractivity contribution is -0.136. The highest BCUT2D eigenvalue weighted by atomic mass is 19.4. The Kier molecular flexibility index (Phi) is 3.96. The van der Waals surface area contributed by atoms with Crippen LogP contribution in [0.15, 0.2) is 18.2 Å². The molecular formula is C17H14F5NO2. The van der Waals surface area contributed by atoms with Crippen LogP contribution < -0.4 is 0 Å². The molecule has 0 saturated heterocycles. The Morgan fingerprint density at radius 2 is 1.96 bits per heavy atom. The standard InChI is InChI=1S/C17H14F5NO2/c1-3-25-15(24)13-4-8(2)10-5-9(12-7-16(12,18)19)6-11(14(10)23-13)17(20,21)22/h4-6,12H,3,7H2,1-2H3. The predicted molar refractivity (Wildman–Crippen MR) is 79.7 cm³/mol.